The van der Waals surface area contributed by atoms with E-state index in [1.807, 2.05) is 12.1 Å². The number of benzene rings is 1. The molecule has 2 rings (SSSR count). The lowest BCUT2D eigenvalue weighted by Gasteiger charge is -2.26. The Morgan fingerprint density at radius 1 is 1.22 bits per heavy atom. The average molecular weight is 314 g/mol. The van der Waals surface area contributed by atoms with Crippen molar-refractivity contribution in [1.29, 1.82) is 0 Å². The lowest BCUT2D eigenvalue weighted by Crippen LogP contribution is -2.11. The van der Waals surface area contributed by atoms with Crippen molar-refractivity contribution in [2.24, 2.45) is 5.92 Å². The van der Waals surface area contributed by atoms with Crippen LogP contribution in [0.3, 0.4) is 0 Å². The van der Waals surface area contributed by atoms with E-state index in [1.165, 1.54) is 31.2 Å². The summed E-state index contributed by atoms with van der Waals surface area (Å²) in [7, 11) is 0. The fourth-order valence-corrected chi connectivity index (χ4v) is 2.90. The summed E-state index contributed by atoms with van der Waals surface area (Å²) in [6, 6.07) is 7.49. The van der Waals surface area contributed by atoms with Gasteiger partial charge in [-0.25, -0.2) is 9.18 Å². The van der Waals surface area contributed by atoms with Crippen molar-refractivity contribution in [3.8, 4) is 0 Å². The lowest BCUT2D eigenvalue weighted by molar-refractivity contribution is 0.0638. The molecule has 1 saturated carbocycles. The highest BCUT2D eigenvalue weighted by molar-refractivity contribution is 5.90. The second kappa shape index (κ2) is 7.91. The summed E-state index contributed by atoms with van der Waals surface area (Å²) in [5.41, 5.74) is 1.70. The fraction of sp³-hybridized carbons (Fsp3) is 0.350. The Labute approximate surface area is 137 Å². The molecule has 23 heavy (non-hydrogen) atoms. The van der Waals surface area contributed by atoms with Gasteiger partial charge in [0.25, 0.3) is 0 Å². The number of halogens is 1. The van der Waals surface area contributed by atoms with Crippen molar-refractivity contribution in [2.45, 2.75) is 38.5 Å². The predicted molar refractivity (Wildman–Crippen MR) is 90.8 cm³/mol. The molecule has 3 heteroatoms. The van der Waals surface area contributed by atoms with E-state index in [-0.39, 0.29) is 5.76 Å². The minimum atomic E-state index is -0.593. The third kappa shape index (κ3) is 4.92. The Balaban J connectivity index is 1.97. The van der Waals surface area contributed by atoms with Crippen molar-refractivity contribution < 1.29 is 13.9 Å². The number of esters is 1. The van der Waals surface area contributed by atoms with Crippen molar-refractivity contribution in [3.63, 3.8) is 0 Å². The molecule has 2 nitrogen and oxygen atoms in total. The molecule has 0 saturated heterocycles. The van der Waals surface area contributed by atoms with E-state index in [0.717, 1.165) is 18.1 Å². The molecule has 1 fully saturated rings. The van der Waals surface area contributed by atoms with Crippen LogP contribution in [0.25, 0.3) is 0 Å². The lowest BCUT2D eigenvalue weighted by atomic mass is 9.79. The molecule has 0 N–H and O–H groups in total. The molecule has 122 valence electrons. The molecule has 0 bridgehead atoms. The van der Waals surface area contributed by atoms with Gasteiger partial charge in [0.05, 0.1) is 5.56 Å². The van der Waals surface area contributed by atoms with Gasteiger partial charge in [-0.2, -0.15) is 0 Å². The molecule has 1 aromatic rings. The average Bonchev–Trinajstić information content (AvgIpc) is 2.55. The van der Waals surface area contributed by atoms with E-state index in [4.69, 9.17) is 4.74 Å². The number of hydrogen-bond acceptors (Lipinski definition) is 2. The Bertz CT molecular complexity index is 605. The number of rotatable bonds is 5. The van der Waals surface area contributed by atoms with E-state index in [0.29, 0.717) is 11.5 Å². The number of ether oxygens (including phenoxy) is 1. The molecular formula is C20H23FO2. The third-order valence-corrected chi connectivity index (χ3v) is 4.35. The van der Waals surface area contributed by atoms with Crippen LogP contribution in [0.1, 0.15) is 54.4 Å². The summed E-state index contributed by atoms with van der Waals surface area (Å²) >= 11 is 0. The van der Waals surface area contributed by atoms with Crippen molar-refractivity contribution >= 4 is 5.97 Å². The van der Waals surface area contributed by atoms with E-state index in [1.54, 1.807) is 12.1 Å². The van der Waals surface area contributed by atoms with Crippen LogP contribution in [-0.4, -0.2) is 5.97 Å². The zero-order valence-electron chi connectivity index (χ0n) is 13.6. The van der Waals surface area contributed by atoms with Gasteiger partial charge in [0, 0.05) is 6.08 Å². The van der Waals surface area contributed by atoms with Gasteiger partial charge in [0.1, 0.15) is 11.6 Å². The highest BCUT2D eigenvalue weighted by Crippen LogP contribution is 2.35. The highest BCUT2D eigenvalue weighted by Gasteiger charge is 2.20. The molecule has 1 aliphatic rings. The van der Waals surface area contributed by atoms with Gasteiger partial charge < -0.3 is 4.74 Å². The number of allylic oxidation sites excluding steroid dienone is 3. The van der Waals surface area contributed by atoms with E-state index >= 15 is 0 Å². The second-order valence-electron chi connectivity index (χ2n) is 6.17. The molecule has 0 unspecified atom stereocenters. The first-order chi connectivity index (χ1) is 11.0. The van der Waals surface area contributed by atoms with Crippen LogP contribution in [0.4, 0.5) is 4.39 Å². The van der Waals surface area contributed by atoms with Crippen LogP contribution >= 0.6 is 0 Å². The van der Waals surface area contributed by atoms with Crippen LogP contribution < -0.4 is 0 Å². The van der Waals surface area contributed by atoms with Gasteiger partial charge >= 0.3 is 5.97 Å². The van der Waals surface area contributed by atoms with Crippen LogP contribution in [-0.2, 0) is 4.74 Å². The first-order valence-corrected chi connectivity index (χ1v) is 8.00. The fourth-order valence-electron chi connectivity index (χ4n) is 2.90. The van der Waals surface area contributed by atoms with Gasteiger partial charge in [-0.3, -0.25) is 0 Å². The van der Waals surface area contributed by atoms with E-state index < -0.39 is 11.8 Å². The zero-order chi connectivity index (χ0) is 16.8. The van der Waals surface area contributed by atoms with E-state index in [9.17, 15) is 9.18 Å². The maximum atomic E-state index is 13.0. The van der Waals surface area contributed by atoms with Gasteiger partial charge in [-0.1, -0.05) is 45.1 Å². The second-order valence-corrected chi connectivity index (χ2v) is 6.17. The molecular weight excluding hydrogens is 291 g/mol. The van der Waals surface area contributed by atoms with Crippen molar-refractivity contribution in [1.82, 2.24) is 0 Å². The summed E-state index contributed by atoms with van der Waals surface area (Å²) in [6.07, 6.45) is 6.98. The number of carbonyl (C=O) groups excluding carboxylic acids is 1. The van der Waals surface area contributed by atoms with Crippen molar-refractivity contribution in [3.05, 3.63) is 72.3 Å². The molecule has 0 spiro atoms. The van der Waals surface area contributed by atoms with Crippen LogP contribution in [0.15, 0.2) is 61.2 Å². The minimum Gasteiger partial charge on any atom is -0.423 e. The van der Waals surface area contributed by atoms with Crippen molar-refractivity contribution in [2.75, 3.05) is 0 Å². The Morgan fingerprint density at radius 2 is 1.83 bits per heavy atom. The van der Waals surface area contributed by atoms with E-state index in [2.05, 4.69) is 20.1 Å². The van der Waals surface area contributed by atoms with Crippen LogP contribution in [0.2, 0.25) is 0 Å². The molecule has 0 atom stereocenters. The Morgan fingerprint density at radius 3 is 2.39 bits per heavy atom. The van der Waals surface area contributed by atoms with Gasteiger partial charge in [-0.15, -0.1) is 0 Å². The Kier molecular flexibility index (Phi) is 5.91. The summed E-state index contributed by atoms with van der Waals surface area (Å²) in [5.74, 6) is 0.223. The largest absolute Gasteiger partial charge is 0.423 e. The van der Waals surface area contributed by atoms with Gasteiger partial charge in [0.2, 0.25) is 0 Å². The normalized spacial score (nSPS) is 21.6. The standard InChI is InChI=1S/C20H23FO2/c1-4-19(21)13-15(3)23-20(22)18-11-9-17(10-12-18)16-7-5-14(2)6-8-16/h4,9-14,16H,1,3,5-8H2,2H3/b19-13+. The zero-order valence-corrected chi connectivity index (χ0v) is 13.6. The molecule has 0 heterocycles. The molecule has 1 aliphatic carbocycles. The maximum Gasteiger partial charge on any atom is 0.343 e. The van der Waals surface area contributed by atoms with Gasteiger partial charge in [0.15, 0.2) is 0 Å². The summed E-state index contributed by atoms with van der Waals surface area (Å²) < 4.78 is 18.0. The van der Waals surface area contributed by atoms with Gasteiger partial charge in [-0.05, 0) is 48.4 Å². The third-order valence-electron chi connectivity index (χ3n) is 4.35. The topological polar surface area (TPSA) is 26.3 Å². The number of carbonyl (C=O) groups is 1. The quantitative estimate of drug-likeness (QED) is 0.396. The smallest absolute Gasteiger partial charge is 0.343 e. The summed E-state index contributed by atoms with van der Waals surface area (Å²) in [6.45, 7) is 9.08. The maximum absolute atomic E-state index is 13.0. The molecule has 0 amide bonds. The monoisotopic (exact) mass is 314 g/mol. The summed E-state index contributed by atoms with van der Waals surface area (Å²) in [4.78, 5) is 12.0. The van der Waals surface area contributed by atoms with Crippen LogP contribution in [0.5, 0.6) is 0 Å². The first kappa shape index (κ1) is 17.2. The Hall–Kier alpha value is -2.16. The highest BCUT2D eigenvalue weighted by atomic mass is 19.1. The molecule has 0 aliphatic heterocycles. The predicted octanol–water partition coefficient (Wildman–Crippen LogP) is 5.69. The molecule has 0 aromatic heterocycles. The summed E-state index contributed by atoms with van der Waals surface area (Å²) in [5, 5.41) is 0. The minimum absolute atomic E-state index is 0.0438. The number of hydrogen-bond donors (Lipinski definition) is 0. The van der Waals surface area contributed by atoms with Crippen LogP contribution in [0, 0.1) is 5.92 Å². The first-order valence-electron chi connectivity index (χ1n) is 8.00. The SMILES string of the molecule is C=C/C(F)=C\C(=C)OC(=O)c1ccc(C2CCC(C)CC2)cc1. The molecule has 0 radical (unpaired) electrons. The molecule has 1 aromatic carbocycles.